The van der Waals surface area contributed by atoms with Crippen LogP contribution in [0.3, 0.4) is 0 Å². The van der Waals surface area contributed by atoms with E-state index in [4.69, 9.17) is 4.74 Å². The highest BCUT2D eigenvalue weighted by molar-refractivity contribution is 5.78. The molecule has 18 heavy (non-hydrogen) atoms. The van der Waals surface area contributed by atoms with E-state index in [0.29, 0.717) is 0 Å². The normalized spacial score (nSPS) is 11.4. The maximum atomic E-state index is 11.4. The molecule has 1 unspecified atom stereocenters. The van der Waals surface area contributed by atoms with Crippen molar-refractivity contribution in [3.05, 3.63) is 35.9 Å². The maximum absolute atomic E-state index is 11.4. The molecule has 0 aromatic heterocycles. The SMILES string of the molecule is CNC(=O)C(C)CNC(=O)OCc1ccccc1. The Balaban J connectivity index is 2.24. The quantitative estimate of drug-likeness (QED) is 0.827. The van der Waals surface area contributed by atoms with Crippen LogP contribution < -0.4 is 10.6 Å². The highest BCUT2D eigenvalue weighted by Gasteiger charge is 2.12. The number of ether oxygens (including phenoxy) is 1. The van der Waals surface area contributed by atoms with E-state index < -0.39 is 6.09 Å². The van der Waals surface area contributed by atoms with Gasteiger partial charge in [0.1, 0.15) is 6.61 Å². The van der Waals surface area contributed by atoms with Gasteiger partial charge in [0.25, 0.3) is 0 Å². The van der Waals surface area contributed by atoms with Gasteiger partial charge in [-0.15, -0.1) is 0 Å². The molecular formula is C13H18N2O3. The lowest BCUT2D eigenvalue weighted by Gasteiger charge is -2.11. The Morgan fingerprint density at radius 1 is 1.28 bits per heavy atom. The number of benzene rings is 1. The van der Waals surface area contributed by atoms with Crippen molar-refractivity contribution in [2.45, 2.75) is 13.5 Å². The molecule has 0 aliphatic heterocycles. The number of carbonyl (C=O) groups excluding carboxylic acids is 2. The van der Waals surface area contributed by atoms with Crippen molar-refractivity contribution in [3.63, 3.8) is 0 Å². The zero-order chi connectivity index (χ0) is 13.4. The molecule has 2 amide bonds. The topological polar surface area (TPSA) is 67.4 Å². The summed E-state index contributed by atoms with van der Waals surface area (Å²) in [6.07, 6.45) is -0.519. The van der Waals surface area contributed by atoms with Gasteiger partial charge in [-0.05, 0) is 5.56 Å². The number of nitrogens with one attached hydrogen (secondary N) is 2. The van der Waals surface area contributed by atoms with E-state index in [0.717, 1.165) is 5.56 Å². The molecule has 98 valence electrons. The summed E-state index contributed by atoms with van der Waals surface area (Å²) < 4.78 is 5.01. The van der Waals surface area contributed by atoms with E-state index in [1.54, 1.807) is 14.0 Å². The highest BCUT2D eigenvalue weighted by Crippen LogP contribution is 2.00. The molecule has 0 heterocycles. The molecule has 0 saturated carbocycles. The average Bonchev–Trinajstić information content (AvgIpc) is 2.42. The van der Waals surface area contributed by atoms with Crippen molar-refractivity contribution in [1.82, 2.24) is 10.6 Å². The minimum Gasteiger partial charge on any atom is -0.445 e. The third-order valence-corrected chi connectivity index (χ3v) is 2.46. The van der Waals surface area contributed by atoms with Gasteiger partial charge in [0.05, 0.1) is 5.92 Å². The fraction of sp³-hybridized carbons (Fsp3) is 0.385. The Bertz CT molecular complexity index is 392. The van der Waals surface area contributed by atoms with Gasteiger partial charge in [-0.1, -0.05) is 37.3 Å². The van der Waals surface area contributed by atoms with Gasteiger partial charge in [0.15, 0.2) is 0 Å². The van der Waals surface area contributed by atoms with Gasteiger partial charge in [-0.3, -0.25) is 4.79 Å². The lowest BCUT2D eigenvalue weighted by Crippen LogP contribution is -2.36. The van der Waals surface area contributed by atoms with Gasteiger partial charge in [-0.25, -0.2) is 4.79 Å². The number of amides is 2. The zero-order valence-electron chi connectivity index (χ0n) is 10.6. The minimum absolute atomic E-state index is 0.113. The second-order valence-corrected chi connectivity index (χ2v) is 3.96. The fourth-order valence-electron chi connectivity index (χ4n) is 1.35. The standard InChI is InChI=1S/C13H18N2O3/c1-10(12(16)14-2)8-15-13(17)18-9-11-6-4-3-5-7-11/h3-7,10H,8-9H2,1-2H3,(H,14,16)(H,15,17). The van der Waals surface area contributed by atoms with E-state index >= 15 is 0 Å². The summed E-state index contributed by atoms with van der Waals surface area (Å²) in [5, 5.41) is 5.06. The first kappa shape index (κ1) is 14.0. The van der Waals surface area contributed by atoms with Crippen molar-refractivity contribution < 1.29 is 14.3 Å². The van der Waals surface area contributed by atoms with E-state index in [1.165, 1.54) is 0 Å². The maximum Gasteiger partial charge on any atom is 0.407 e. The molecule has 5 nitrogen and oxygen atoms in total. The van der Waals surface area contributed by atoms with Gasteiger partial charge in [-0.2, -0.15) is 0 Å². The minimum atomic E-state index is -0.519. The Hall–Kier alpha value is -2.04. The number of carbonyl (C=O) groups is 2. The molecule has 1 aromatic rings. The molecule has 0 bridgehead atoms. The first-order chi connectivity index (χ1) is 8.63. The van der Waals surface area contributed by atoms with Crippen LogP contribution in [0, 0.1) is 5.92 Å². The van der Waals surface area contributed by atoms with E-state index in [-0.39, 0.29) is 25.0 Å². The Labute approximate surface area is 107 Å². The summed E-state index contributed by atoms with van der Waals surface area (Å²) in [6.45, 7) is 2.21. The van der Waals surface area contributed by atoms with Gasteiger partial charge in [0.2, 0.25) is 5.91 Å². The number of hydrogen-bond donors (Lipinski definition) is 2. The largest absolute Gasteiger partial charge is 0.445 e. The number of hydrogen-bond acceptors (Lipinski definition) is 3. The summed E-state index contributed by atoms with van der Waals surface area (Å²) in [5.41, 5.74) is 0.923. The predicted molar refractivity (Wildman–Crippen MR) is 67.9 cm³/mol. The first-order valence-corrected chi connectivity index (χ1v) is 5.79. The molecule has 0 aliphatic rings. The Morgan fingerprint density at radius 2 is 1.94 bits per heavy atom. The van der Waals surface area contributed by atoms with Crippen LogP contribution >= 0.6 is 0 Å². The molecule has 0 fully saturated rings. The Kier molecular flexibility index (Phi) is 5.70. The molecule has 5 heteroatoms. The van der Waals surface area contributed by atoms with Crippen LogP contribution in [0.2, 0.25) is 0 Å². The van der Waals surface area contributed by atoms with Crippen molar-refractivity contribution in [1.29, 1.82) is 0 Å². The van der Waals surface area contributed by atoms with Crippen LogP contribution in [0.4, 0.5) is 4.79 Å². The summed E-state index contributed by atoms with van der Waals surface area (Å²) >= 11 is 0. The molecular weight excluding hydrogens is 232 g/mol. The molecule has 2 N–H and O–H groups in total. The van der Waals surface area contributed by atoms with Crippen molar-refractivity contribution in [3.8, 4) is 0 Å². The van der Waals surface area contributed by atoms with Crippen LogP contribution in [-0.4, -0.2) is 25.6 Å². The van der Waals surface area contributed by atoms with E-state index in [2.05, 4.69) is 10.6 Å². The second-order valence-electron chi connectivity index (χ2n) is 3.96. The lowest BCUT2D eigenvalue weighted by atomic mass is 10.2. The molecule has 0 aliphatic carbocycles. The summed E-state index contributed by atoms with van der Waals surface area (Å²) in [7, 11) is 1.56. The third-order valence-electron chi connectivity index (χ3n) is 2.46. The average molecular weight is 250 g/mol. The third kappa shape index (κ3) is 4.86. The molecule has 0 saturated heterocycles. The first-order valence-electron chi connectivity index (χ1n) is 5.79. The molecule has 0 spiro atoms. The van der Waals surface area contributed by atoms with E-state index in [9.17, 15) is 9.59 Å². The number of alkyl carbamates (subject to hydrolysis) is 1. The molecule has 1 atom stereocenters. The van der Waals surface area contributed by atoms with Crippen molar-refractivity contribution in [2.75, 3.05) is 13.6 Å². The second kappa shape index (κ2) is 7.32. The molecule has 1 aromatic carbocycles. The summed E-state index contributed by atoms with van der Waals surface area (Å²) in [6, 6.07) is 9.41. The lowest BCUT2D eigenvalue weighted by molar-refractivity contribution is -0.123. The fourth-order valence-corrected chi connectivity index (χ4v) is 1.35. The smallest absolute Gasteiger partial charge is 0.407 e. The monoisotopic (exact) mass is 250 g/mol. The summed E-state index contributed by atoms with van der Waals surface area (Å²) in [4.78, 5) is 22.6. The van der Waals surface area contributed by atoms with Crippen LogP contribution in [0.25, 0.3) is 0 Å². The van der Waals surface area contributed by atoms with Crippen molar-refractivity contribution in [2.24, 2.45) is 5.92 Å². The van der Waals surface area contributed by atoms with Gasteiger partial charge < -0.3 is 15.4 Å². The highest BCUT2D eigenvalue weighted by atomic mass is 16.5. The van der Waals surface area contributed by atoms with Crippen LogP contribution in [0.15, 0.2) is 30.3 Å². The van der Waals surface area contributed by atoms with Gasteiger partial charge >= 0.3 is 6.09 Å². The molecule has 0 radical (unpaired) electrons. The summed E-state index contributed by atoms with van der Waals surface area (Å²) in [5.74, 6) is -0.391. The van der Waals surface area contributed by atoms with Crippen LogP contribution in [-0.2, 0) is 16.1 Å². The van der Waals surface area contributed by atoms with Crippen LogP contribution in [0.5, 0.6) is 0 Å². The number of rotatable bonds is 5. The molecule has 1 rings (SSSR count). The van der Waals surface area contributed by atoms with Crippen LogP contribution in [0.1, 0.15) is 12.5 Å². The van der Waals surface area contributed by atoms with E-state index in [1.807, 2.05) is 30.3 Å². The van der Waals surface area contributed by atoms with Gasteiger partial charge in [0, 0.05) is 13.6 Å². The Morgan fingerprint density at radius 3 is 2.56 bits per heavy atom. The zero-order valence-corrected chi connectivity index (χ0v) is 10.6. The van der Waals surface area contributed by atoms with Crippen molar-refractivity contribution >= 4 is 12.0 Å². The predicted octanol–water partition coefficient (Wildman–Crippen LogP) is 1.29.